The van der Waals surface area contributed by atoms with Crippen molar-refractivity contribution in [3.8, 4) is 0 Å². The zero-order chi connectivity index (χ0) is 12.3. The summed E-state index contributed by atoms with van der Waals surface area (Å²) >= 11 is 3.29. The first kappa shape index (κ1) is 15.4. The first-order valence-electron chi connectivity index (χ1n) is 5.65. The Kier molecular flexibility index (Phi) is 6.05. The highest BCUT2D eigenvalue weighted by atomic mass is 79.9. The first-order chi connectivity index (χ1) is 8.15. The normalized spacial score (nSPS) is 20.0. The second-order valence-electron chi connectivity index (χ2n) is 4.32. The van der Waals surface area contributed by atoms with Gasteiger partial charge in [-0.3, -0.25) is 4.98 Å². The number of pyridine rings is 1. The summed E-state index contributed by atoms with van der Waals surface area (Å²) < 4.78 is 6.25. The van der Waals surface area contributed by atoms with Crippen LogP contribution < -0.4 is 0 Å². The molecule has 2 heterocycles. The zero-order valence-corrected chi connectivity index (χ0v) is 12.5. The molecule has 1 fully saturated rings. The lowest BCUT2D eigenvalue weighted by atomic mass is 10.1. The van der Waals surface area contributed by atoms with E-state index >= 15 is 0 Å². The fraction of sp³-hybridized carbons (Fsp3) is 0.500. The Hall–Kier alpha value is -0.650. The van der Waals surface area contributed by atoms with E-state index in [0.29, 0.717) is 5.56 Å². The summed E-state index contributed by atoms with van der Waals surface area (Å²) in [5, 5.41) is 0. The van der Waals surface area contributed by atoms with Gasteiger partial charge in [0.1, 0.15) is 6.10 Å². The summed E-state index contributed by atoms with van der Waals surface area (Å²) in [6.07, 6.45) is 5.19. The van der Waals surface area contributed by atoms with Gasteiger partial charge < -0.3 is 9.64 Å². The Morgan fingerprint density at radius 2 is 2.33 bits per heavy atom. The van der Waals surface area contributed by atoms with E-state index < -0.39 is 0 Å². The minimum Gasteiger partial charge on any atom is -0.457 e. The molecule has 1 aliphatic heterocycles. The molecule has 2 rings (SSSR count). The van der Waals surface area contributed by atoms with E-state index in [9.17, 15) is 4.79 Å². The van der Waals surface area contributed by atoms with Crippen LogP contribution >= 0.6 is 28.3 Å². The topological polar surface area (TPSA) is 42.4 Å². The summed E-state index contributed by atoms with van der Waals surface area (Å²) in [4.78, 5) is 18.0. The molecule has 6 heteroatoms. The van der Waals surface area contributed by atoms with Crippen LogP contribution in [0.5, 0.6) is 0 Å². The van der Waals surface area contributed by atoms with Gasteiger partial charge in [0.25, 0.3) is 0 Å². The van der Waals surface area contributed by atoms with Gasteiger partial charge >= 0.3 is 5.97 Å². The second kappa shape index (κ2) is 7.07. The van der Waals surface area contributed by atoms with Crippen molar-refractivity contribution in [1.82, 2.24) is 9.88 Å². The maximum Gasteiger partial charge on any atom is 0.340 e. The van der Waals surface area contributed by atoms with Gasteiger partial charge in [0.15, 0.2) is 0 Å². The Morgan fingerprint density at radius 3 is 3.00 bits per heavy atom. The predicted molar refractivity (Wildman–Crippen MR) is 75.1 cm³/mol. The smallest absolute Gasteiger partial charge is 0.340 e. The third kappa shape index (κ3) is 4.23. The zero-order valence-electron chi connectivity index (χ0n) is 10.1. The maximum absolute atomic E-state index is 11.9. The number of carbonyl (C=O) groups excluding carboxylic acids is 1. The standard InChI is InChI=1S/C12H15BrN2O2.ClH/c1-15-4-2-3-11(8-15)17-12(16)9-5-10(13)7-14-6-9;/h5-7,11H,2-4,8H2,1H3;1H. The molecule has 0 radical (unpaired) electrons. The van der Waals surface area contributed by atoms with Crippen LogP contribution in [-0.2, 0) is 4.74 Å². The average Bonchev–Trinajstić information content (AvgIpc) is 2.29. The molecule has 0 N–H and O–H groups in total. The van der Waals surface area contributed by atoms with Gasteiger partial charge in [-0.2, -0.15) is 0 Å². The lowest BCUT2D eigenvalue weighted by Crippen LogP contribution is -2.38. The first-order valence-corrected chi connectivity index (χ1v) is 6.44. The monoisotopic (exact) mass is 334 g/mol. The summed E-state index contributed by atoms with van der Waals surface area (Å²) in [5.74, 6) is -0.292. The summed E-state index contributed by atoms with van der Waals surface area (Å²) in [6, 6.07) is 1.72. The molecule has 1 aromatic heterocycles. The minimum absolute atomic E-state index is 0. The number of carbonyl (C=O) groups is 1. The number of nitrogens with zero attached hydrogens (tertiary/aromatic N) is 2. The fourth-order valence-electron chi connectivity index (χ4n) is 1.96. The summed E-state index contributed by atoms with van der Waals surface area (Å²) in [7, 11) is 2.04. The number of piperidine rings is 1. The molecule has 100 valence electrons. The maximum atomic E-state index is 11.9. The van der Waals surface area contributed by atoms with Crippen LogP contribution in [0.15, 0.2) is 22.9 Å². The molecule has 1 aromatic rings. The highest BCUT2D eigenvalue weighted by molar-refractivity contribution is 9.10. The fourth-order valence-corrected chi connectivity index (χ4v) is 2.32. The van der Waals surface area contributed by atoms with E-state index in [1.807, 2.05) is 7.05 Å². The molecule has 0 aromatic carbocycles. The molecule has 0 bridgehead atoms. The van der Waals surface area contributed by atoms with Gasteiger partial charge in [-0.15, -0.1) is 12.4 Å². The van der Waals surface area contributed by atoms with Gasteiger partial charge in [-0.25, -0.2) is 4.79 Å². The largest absolute Gasteiger partial charge is 0.457 e. The Bertz CT molecular complexity index is 417. The second-order valence-corrected chi connectivity index (χ2v) is 5.24. The molecule has 18 heavy (non-hydrogen) atoms. The SMILES string of the molecule is CN1CCCC(OC(=O)c2cncc(Br)c2)C1.Cl. The number of hydrogen-bond acceptors (Lipinski definition) is 4. The minimum atomic E-state index is -0.292. The number of hydrogen-bond donors (Lipinski definition) is 0. The highest BCUT2D eigenvalue weighted by Crippen LogP contribution is 2.15. The van der Waals surface area contributed by atoms with Gasteiger partial charge in [0.05, 0.1) is 5.56 Å². The van der Waals surface area contributed by atoms with E-state index in [1.54, 1.807) is 12.3 Å². The van der Waals surface area contributed by atoms with Crippen molar-refractivity contribution in [2.24, 2.45) is 0 Å². The van der Waals surface area contributed by atoms with Crippen molar-refractivity contribution < 1.29 is 9.53 Å². The number of rotatable bonds is 2. The molecule has 1 unspecified atom stereocenters. The third-order valence-electron chi connectivity index (χ3n) is 2.80. The van der Waals surface area contributed by atoms with Gasteiger partial charge in [0.2, 0.25) is 0 Å². The molecule has 1 atom stereocenters. The molecule has 1 aliphatic rings. The van der Waals surface area contributed by atoms with Gasteiger partial charge in [-0.05, 0) is 48.4 Å². The quantitative estimate of drug-likeness (QED) is 0.779. The van der Waals surface area contributed by atoms with Crippen molar-refractivity contribution in [2.75, 3.05) is 20.1 Å². The lowest BCUT2D eigenvalue weighted by Gasteiger charge is -2.29. The Labute approximate surface area is 121 Å². The van der Waals surface area contributed by atoms with Crippen LogP contribution in [0.2, 0.25) is 0 Å². The Balaban J connectivity index is 0.00000162. The number of ether oxygens (including phenoxy) is 1. The molecule has 1 saturated heterocycles. The van der Waals surface area contributed by atoms with Gasteiger partial charge in [0, 0.05) is 23.4 Å². The molecule has 0 saturated carbocycles. The lowest BCUT2D eigenvalue weighted by molar-refractivity contribution is 0.0108. The van der Waals surface area contributed by atoms with E-state index in [-0.39, 0.29) is 24.5 Å². The molecular formula is C12H16BrClN2O2. The molecule has 4 nitrogen and oxygen atoms in total. The predicted octanol–water partition coefficient (Wildman–Crippen LogP) is 2.52. The van der Waals surface area contributed by atoms with Crippen LogP contribution in [0.4, 0.5) is 0 Å². The number of esters is 1. The third-order valence-corrected chi connectivity index (χ3v) is 3.23. The van der Waals surface area contributed by atoms with Crippen molar-refractivity contribution in [3.05, 3.63) is 28.5 Å². The number of aromatic nitrogens is 1. The van der Waals surface area contributed by atoms with E-state index in [2.05, 4.69) is 25.8 Å². The number of halogens is 2. The van der Waals surface area contributed by atoms with E-state index in [4.69, 9.17) is 4.74 Å². The van der Waals surface area contributed by atoms with Crippen molar-refractivity contribution in [2.45, 2.75) is 18.9 Å². The highest BCUT2D eigenvalue weighted by Gasteiger charge is 2.21. The van der Waals surface area contributed by atoms with E-state index in [0.717, 1.165) is 30.4 Å². The van der Waals surface area contributed by atoms with Crippen LogP contribution in [0, 0.1) is 0 Å². The number of likely N-dealkylation sites (N-methyl/N-ethyl adjacent to an activating group) is 1. The van der Waals surface area contributed by atoms with E-state index in [1.165, 1.54) is 6.20 Å². The van der Waals surface area contributed by atoms with Crippen LogP contribution in [0.25, 0.3) is 0 Å². The van der Waals surface area contributed by atoms with Crippen LogP contribution in [0.3, 0.4) is 0 Å². The molecular weight excluding hydrogens is 320 g/mol. The number of likely N-dealkylation sites (tertiary alicyclic amines) is 1. The molecule has 0 amide bonds. The van der Waals surface area contributed by atoms with Crippen LogP contribution in [0.1, 0.15) is 23.2 Å². The van der Waals surface area contributed by atoms with Crippen LogP contribution in [-0.4, -0.2) is 42.1 Å². The van der Waals surface area contributed by atoms with Crippen molar-refractivity contribution in [3.63, 3.8) is 0 Å². The Morgan fingerprint density at radius 1 is 1.56 bits per heavy atom. The molecule has 0 spiro atoms. The van der Waals surface area contributed by atoms with Gasteiger partial charge in [-0.1, -0.05) is 0 Å². The summed E-state index contributed by atoms with van der Waals surface area (Å²) in [6.45, 7) is 1.89. The summed E-state index contributed by atoms with van der Waals surface area (Å²) in [5.41, 5.74) is 0.493. The van der Waals surface area contributed by atoms with Crippen molar-refractivity contribution in [1.29, 1.82) is 0 Å². The average molecular weight is 336 g/mol. The molecule has 0 aliphatic carbocycles. The van der Waals surface area contributed by atoms with Crippen molar-refractivity contribution >= 4 is 34.3 Å².